The van der Waals surface area contributed by atoms with E-state index in [4.69, 9.17) is 12.2 Å². The van der Waals surface area contributed by atoms with Crippen LogP contribution in [0.2, 0.25) is 0 Å². The van der Waals surface area contributed by atoms with Crippen LogP contribution in [0.3, 0.4) is 0 Å². The van der Waals surface area contributed by atoms with E-state index in [9.17, 15) is 4.39 Å². The summed E-state index contributed by atoms with van der Waals surface area (Å²) in [5.41, 5.74) is 0.778. The summed E-state index contributed by atoms with van der Waals surface area (Å²) in [5, 5.41) is 1.47. The van der Waals surface area contributed by atoms with Gasteiger partial charge in [-0.25, -0.2) is 4.39 Å². The summed E-state index contributed by atoms with van der Waals surface area (Å²) >= 11 is 4.99. The molecule has 1 heterocycles. The molecule has 0 aliphatic carbocycles. The van der Waals surface area contributed by atoms with Gasteiger partial charge in [-0.15, -0.1) is 0 Å². The summed E-state index contributed by atoms with van der Waals surface area (Å²) in [6, 6.07) is 6.76. The van der Waals surface area contributed by atoms with Crippen LogP contribution in [-0.4, -0.2) is 4.98 Å². The molecule has 13 heavy (non-hydrogen) atoms. The monoisotopic (exact) mass is 193 g/mol. The Hall–Kier alpha value is -1.22. The number of nitrogens with one attached hydrogen (secondary N) is 1. The van der Waals surface area contributed by atoms with Crippen LogP contribution >= 0.6 is 12.2 Å². The molecule has 0 saturated heterocycles. The molecule has 0 fully saturated rings. The lowest BCUT2D eigenvalue weighted by atomic mass is 10.1. The second-order valence-electron chi connectivity index (χ2n) is 2.96. The van der Waals surface area contributed by atoms with Gasteiger partial charge in [0, 0.05) is 11.1 Å². The first kappa shape index (κ1) is 8.38. The van der Waals surface area contributed by atoms with Crippen LogP contribution in [0.5, 0.6) is 0 Å². The zero-order valence-corrected chi connectivity index (χ0v) is 7.91. The molecule has 0 aliphatic rings. The molecule has 0 bridgehead atoms. The highest BCUT2D eigenvalue weighted by molar-refractivity contribution is 7.71. The van der Waals surface area contributed by atoms with E-state index in [1.165, 1.54) is 6.07 Å². The molecule has 0 aliphatic heterocycles. The number of benzene rings is 1. The van der Waals surface area contributed by atoms with Gasteiger partial charge >= 0.3 is 0 Å². The Labute approximate surface area is 80.2 Å². The van der Waals surface area contributed by atoms with Gasteiger partial charge < -0.3 is 4.98 Å². The molecule has 2 aromatic rings. The van der Waals surface area contributed by atoms with E-state index in [2.05, 4.69) is 4.98 Å². The second-order valence-corrected chi connectivity index (χ2v) is 3.40. The topological polar surface area (TPSA) is 15.8 Å². The first-order valence-corrected chi connectivity index (χ1v) is 4.37. The Bertz CT molecular complexity index is 516. The Morgan fingerprint density at radius 2 is 2.15 bits per heavy atom. The predicted molar refractivity (Wildman–Crippen MR) is 53.8 cm³/mol. The Morgan fingerprint density at radius 1 is 1.38 bits per heavy atom. The number of hydrogen-bond acceptors (Lipinski definition) is 1. The zero-order chi connectivity index (χ0) is 9.42. The molecule has 0 spiro atoms. The van der Waals surface area contributed by atoms with Crippen LogP contribution in [0.25, 0.3) is 10.8 Å². The molecular formula is C10H8FNS. The fraction of sp³-hybridized carbons (Fsp3) is 0.100. The quantitative estimate of drug-likeness (QED) is 0.634. The normalized spacial score (nSPS) is 10.6. The third kappa shape index (κ3) is 1.35. The Balaban J connectivity index is 3.03. The SMILES string of the molecule is Cc1[nH]c(=S)cc2cccc(F)c12. The van der Waals surface area contributed by atoms with Gasteiger partial charge in [-0.3, -0.25) is 0 Å². The number of halogens is 1. The van der Waals surface area contributed by atoms with Crippen LogP contribution in [0, 0.1) is 17.4 Å². The van der Waals surface area contributed by atoms with E-state index in [0.717, 1.165) is 11.1 Å². The number of aryl methyl sites for hydroxylation is 1. The molecule has 0 radical (unpaired) electrons. The fourth-order valence-electron chi connectivity index (χ4n) is 1.48. The van der Waals surface area contributed by atoms with Gasteiger partial charge in [0.2, 0.25) is 0 Å². The predicted octanol–water partition coefficient (Wildman–Crippen LogP) is 3.34. The van der Waals surface area contributed by atoms with Gasteiger partial charge in [-0.1, -0.05) is 24.4 Å². The molecule has 0 saturated carbocycles. The zero-order valence-electron chi connectivity index (χ0n) is 7.10. The molecule has 2 rings (SSSR count). The molecule has 3 heteroatoms. The van der Waals surface area contributed by atoms with Gasteiger partial charge in [-0.05, 0) is 24.4 Å². The summed E-state index contributed by atoms with van der Waals surface area (Å²) in [5.74, 6) is -0.207. The van der Waals surface area contributed by atoms with Gasteiger partial charge in [0.25, 0.3) is 0 Å². The number of pyridine rings is 1. The maximum atomic E-state index is 13.3. The minimum absolute atomic E-state index is 0.207. The van der Waals surface area contributed by atoms with Gasteiger partial charge in [0.15, 0.2) is 0 Å². The fourth-order valence-corrected chi connectivity index (χ4v) is 1.76. The van der Waals surface area contributed by atoms with Crippen LogP contribution in [0.4, 0.5) is 4.39 Å². The highest BCUT2D eigenvalue weighted by Crippen LogP contribution is 2.19. The van der Waals surface area contributed by atoms with Crippen LogP contribution in [0.15, 0.2) is 24.3 Å². The van der Waals surface area contributed by atoms with Crippen molar-refractivity contribution in [2.75, 3.05) is 0 Å². The minimum atomic E-state index is -0.207. The van der Waals surface area contributed by atoms with Crippen molar-refractivity contribution >= 4 is 23.0 Å². The standard InChI is InChI=1S/C10H8FNS/c1-6-10-7(5-9(13)12-6)3-2-4-8(10)11/h2-5H,1H3,(H,12,13). The first-order valence-electron chi connectivity index (χ1n) is 3.96. The molecule has 0 atom stereocenters. The van der Waals surface area contributed by atoms with Crippen molar-refractivity contribution in [2.45, 2.75) is 6.92 Å². The molecule has 0 unspecified atom stereocenters. The molecule has 1 aromatic carbocycles. The molecule has 0 amide bonds. The van der Waals surface area contributed by atoms with E-state index in [0.29, 0.717) is 10.0 Å². The lowest BCUT2D eigenvalue weighted by Gasteiger charge is -2.02. The van der Waals surface area contributed by atoms with Gasteiger partial charge in [-0.2, -0.15) is 0 Å². The maximum Gasteiger partial charge on any atom is 0.132 e. The van der Waals surface area contributed by atoms with Crippen molar-refractivity contribution in [3.63, 3.8) is 0 Å². The van der Waals surface area contributed by atoms with E-state index in [1.807, 2.05) is 13.0 Å². The van der Waals surface area contributed by atoms with Crippen molar-refractivity contribution in [3.05, 3.63) is 40.4 Å². The number of aromatic nitrogens is 1. The molecule has 1 aromatic heterocycles. The lowest BCUT2D eigenvalue weighted by molar-refractivity contribution is 0.638. The van der Waals surface area contributed by atoms with Crippen molar-refractivity contribution < 1.29 is 4.39 Å². The van der Waals surface area contributed by atoms with Gasteiger partial charge in [0.05, 0.1) is 0 Å². The number of aromatic amines is 1. The number of hydrogen-bond donors (Lipinski definition) is 1. The van der Waals surface area contributed by atoms with Crippen LogP contribution < -0.4 is 0 Å². The third-order valence-electron chi connectivity index (χ3n) is 2.02. The van der Waals surface area contributed by atoms with E-state index in [-0.39, 0.29) is 5.82 Å². The third-order valence-corrected chi connectivity index (χ3v) is 2.24. The molecular weight excluding hydrogens is 185 g/mol. The highest BCUT2D eigenvalue weighted by Gasteiger charge is 2.02. The first-order chi connectivity index (χ1) is 6.18. The van der Waals surface area contributed by atoms with Crippen LogP contribution in [0.1, 0.15) is 5.69 Å². The summed E-state index contributed by atoms with van der Waals surface area (Å²) < 4.78 is 14.0. The summed E-state index contributed by atoms with van der Waals surface area (Å²) in [6.07, 6.45) is 0. The van der Waals surface area contributed by atoms with Crippen molar-refractivity contribution in [3.8, 4) is 0 Å². The van der Waals surface area contributed by atoms with Crippen LogP contribution in [-0.2, 0) is 0 Å². The van der Waals surface area contributed by atoms with Crippen molar-refractivity contribution in [2.24, 2.45) is 0 Å². The Kier molecular flexibility index (Phi) is 1.88. The summed E-state index contributed by atoms with van der Waals surface area (Å²) in [7, 11) is 0. The Morgan fingerprint density at radius 3 is 2.92 bits per heavy atom. The van der Waals surface area contributed by atoms with E-state index >= 15 is 0 Å². The molecule has 1 N–H and O–H groups in total. The average molecular weight is 193 g/mol. The summed E-state index contributed by atoms with van der Waals surface area (Å²) in [4.78, 5) is 2.93. The number of H-pyrrole nitrogens is 1. The smallest absolute Gasteiger partial charge is 0.132 e. The number of rotatable bonds is 0. The van der Waals surface area contributed by atoms with Gasteiger partial charge in [0.1, 0.15) is 10.5 Å². The summed E-state index contributed by atoms with van der Waals surface area (Å²) in [6.45, 7) is 1.82. The second kappa shape index (κ2) is 2.92. The highest BCUT2D eigenvalue weighted by atomic mass is 32.1. The van der Waals surface area contributed by atoms with E-state index in [1.54, 1.807) is 12.1 Å². The average Bonchev–Trinajstić information content (AvgIpc) is 2.02. The van der Waals surface area contributed by atoms with Crippen molar-refractivity contribution in [1.29, 1.82) is 0 Å². The van der Waals surface area contributed by atoms with E-state index < -0.39 is 0 Å². The van der Waals surface area contributed by atoms with Crippen molar-refractivity contribution in [1.82, 2.24) is 4.98 Å². The molecule has 1 nitrogen and oxygen atoms in total. The molecule has 66 valence electrons. The largest absolute Gasteiger partial charge is 0.350 e. The maximum absolute atomic E-state index is 13.3. The lowest BCUT2D eigenvalue weighted by Crippen LogP contribution is -1.87. The minimum Gasteiger partial charge on any atom is -0.350 e. The number of fused-ring (bicyclic) bond motifs is 1.